The molecular weight excluding hydrogens is 430 g/mol. The van der Waals surface area contributed by atoms with E-state index in [0.717, 1.165) is 11.1 Å². The number of rotatable bonds is 7. The van der Waals surface area contributed by atoms with Crippen LogP contribution in [0.4, 0.5) is 0 Å². The summed E-state index contributed by atoms with van der Waals surface area (Å²) in [5.74, 6) is 0.454. The first kappa shape index (κ1) is 24.4. The predicted molar refractivity (Wildman–Crippen MR) is 134 cm³/mol. The summed E-state index contributed by atoms with van der Waals surface area (Å²) in [6, 6.07) is 12.3. The number of allylic oxidation sites excluding steroid dienone is 1. The molecule has 1 heterocycles. The second kappa shape index (κ2) is 10.2. The number of amides is 2. The number of benzene rings is 2. The van der Waals surface area contributed by atoms with Gasteiger partial charge in [0.2, 0.25) is 11.8 Å². The summed E-state index contributed by atoms with van der Waals surface area (Å²) in [4.78, 5) is 32.7. The Hall–Kier alpha value is -4.20. The first-order valence-electron chi connectivity index (χ1n) is 10.8. The number of aliphatic imine (C=N–C) groups is 1. The number of ether oxygens (including phenoxy) is 1. The molecule has 8 nitrogen and oxygen atoms in total. The maximum absolute atomic E-state index is 12.5. The molecule has 0 atom stereocenters. The minimum Gasteiger partial charge on any atom is -0.456 e. The quantitative estimate of drug-likeness (QED) is 0.463. The number of carbonyl (C=O) groups is 2. The predicted octanol–water partition coefficient (Wildman–Crippen LogP) is 3.76. The summed E-state index contributed by atoms with van der Waals surface area (Å²) in [6.07, 6.45) is 4.68. The zero-order chi connectivity index (χ0) is 24.9. The van der Waals surface area contributed by atoms with Gasteiger partial charge >= 0.3 is 0 Å². The molecule has 0 aliphatic heterocycles. The third kappa shape index (κ3) is 6.41. The van der Waals surface area contributed by atoms with Gasteiger partial charge in [0, 0.05) is 29.6 Å². The molecule has 3 rings (SSSR count). The zero-order valence-electron chi connectivity index (χ0n) is 19.8. The molecule has 176 valence electrons. The minimum atomic E-state index is -0.521. The van der Waals surface area contributed by atoms with Crippen LogP contribution in [0.2, 0.25) is 0 Å². The molecule has 0 aliphatic carbocycles. The molecular formula is C26H29N5O3. The molecule has 3 aromatic rings. The summed E-state index contributed by atoms with van der Waals surface area (Å²) >= 11 is 0. The summed E-state index contributed by atoms with van der Waals surface area (Å²) in [5, 5.41) is 3.45. The van der Waals surface area contributed by atoms with Gasteiger partial charge in [0.25, 0.3) is 0 Å². The number of nitrogens with one attached hydrogen (secondary N) is 1. The van der Waals surface area contributed by atoms with Crippen molar-refractivity contribution >= 4 is 28.9 Å². The molecule has 1 aromatic heterocycles. The number of pyridine rings is 1. The normalized spacial score (nSPS) is 12.2. The second-order valence-electron chi connectivity index (χ2n) is 8.88. The summed E-state index contributed by atoms with van der Waals surface area (Å²) < 4.78 is 6.13. The van der Waals surface area contributed by atoms with E-state index in [2.05, 4.69) is 15.3 Å². The van der Waals surface area contributed by atoms with Crippen molar-refractivity contribution in [2.75, 3.05) is 0 Å². The second-order valence-corrected chi connectivity index (χ2v) is 8.88. The number of aryl methyl sites for hydroxylation is 1. The Morgan fingerprint density at radius 3 is 2.53 bits per heavy atom. The SMILES string of the molecule is Cc1cc(CC(=O)N/C(C=NC(C)(C)C)=C/N)ccc1Oc1ccnc2ccc(C(N)=O)cc12. The van der Waals surface area contributed by atoms with E-state index in [-0.39, 0.29) is 17.9 Å². The molecule has 0 fully saturated rings. The molecule has 0 saturated carbocycles. The number of nitrogens with zero attached hydrogens (tertiary/aromatic N) is 2. The largest absolute Gasteiger partial charge is 0.456 e. The average molecular weight is 460 g/mol. The van der Waals surface area contributed by atoms with E-state index >= 15 is 0 Å². The number of nitrogens with two attached hydrogens (primary N) is 2. The van der Waals surface area contributed by atoms with Gasteiger partial charge in [0.05, 0.1) is 23.2 Å². The van der Waals surface area contributed by atoms with E-state index in [1.54, 1.807) is 36.7 Å². The van der Waals surface area contributed by atoms with E-state index in [0.29, 0.717) is 33.7 Å². The lowest BCUT2D eigenvalue weighted by atomic mass is 10.1. The summed E-state index contributed by atoms with van der Waals surface area (Å²) in [6.45, 7) is 7.77. The molecule has 0 radical (unpaired) electrons. The molecule has 2 aromatic carbocycles. The van der Waals surface area contributed by atoms with Crippen molar-refractivity contribution in [2.45, 2.75) is 39.7 Å². The van der Waals surface area contributed by atoms with Gasteiger partial charge in [-0.15, -0.1) is 0 Å². The fourth-order valence-corrected chi connectivity index (χ4v) is 3.19. The molecule has 0 bridgehead atoms. The molecule has 8 heteroatoms. The van der Waals surface area contributed by atoms with E-state index in [1.165, 1.54) is 6.20 Å². The zero-order valence-corrected chi connectivity index (χ0v) is 19.8. The molecule has 0 spiro atoms. The van der Waals surface area contributed by atoms with Crippen molar-refractivity contribution < 1.29 is 14.3 Å². The monoisotopic (exact) mass is 459 g/mol. The van der Waals surface area contributed by atoms with Crippen LogP contribution in [0, 0.1) is 6.92 Å². The first-order chi connectivity index (χ1) is 16.1. The number of hydrogen-bond donors (Lipinski definition) is 3. The Morgan fingerprint density at radius 2 is 1.88 bits per heavy atom. The smallest absolute Gasteiger partial charge is 0.248 e. The Kier molecular flexibility index (Phi) is 7.31. The fourth-order valence-electron chi connectivity index (χ4n) is 3.19. The number of aromatic nitrogens is 1. The highest BCUT2D eigenvalue weighted by Crippen LogP contribution is 2.31. The highest BCUT2D eigenvalue weighted by atomic mass is 16.5. The lowest BCUT2D eigenvalue weighted by Crippen LogP contribution is -2.26. The molecule has 2 amide bonds. The van der Waals surface area contributed by atoms with Crippen LogP contribution in [-0.4, -0.2) is 28.6 Å². The van der Waals surface area contributed by atoms with Crippen LogP contribution in [0.15, 0.2) is 65.6 Å². The van der Waals surface area contributed by atoms with Gasteiger partial charge in [-0.1, -0.05) is 12.1 Å². The number of fused-ring (bicyclic) bond motifs is 1. The van der Waals surface area contributed by atoms with Crippen LogP contribution in [0.1, 0.15) is 42.3 Å². The Morgan fingerprint density at radius 1 is 1.12 bits per heavy atom. The fraction of sp³-hybridized carbons (Fsp3) is 0.231. The van der Waals surface area contributed by atoms with Crippen molar-refractivity contribution in [3.63, 3.8) is 0 Å². The highest BCUT2D eigenvalue weighted by Gasteiger charge is 2.12. The van der Waals surface area contributed by atoms with Gasteiger partial charge < -0.3 is 21.5 Å². The lowest BCUT2D eigenvalue weighted by Gasteiger charge is -2.13. The van der Waals surface area contributed by atoms with E-state index in [9.17, 15) is 9.59 Å². The maximum atomic E-state index is 12.5. The molecule has 0 saturated heterocycles. The third-order valence-electron chi connectivity index (χ3n) is 4.86. The number of primary amides is 1. The average Bonchev–Trinajstić information content (AvgIpc) is 2.77. The molecule has 34 heavy (non-hydrogen) atoms. The van der Waals surface area contributed by atoms with Crippen LogP contribution in [0.25, 0.3) is 10.9 Å². The molecule has 5 N–H and O–H groups in total. The van der Waals surface area contributed by atoms with Crippen molar-refractivity contribution in [3.05, 3.63) is 77.2 Å². The lowest BCUT2D eigenvalue weighted by molar-refractivity contribution is -0.119. The van der Waals surface area contributed by atoms with Gasteiger partial charge in [0.1, 0.15) is 11.5 Å². The molecule has 0 aliphatic rings. The highest BCUT2D eigenvalue weighted by molar-refractivity contribution is 5.98. The van der Waals surface area contributed by atoms with Gasteiger partial charge in [-0.05, 0) is 69.2 Å². The standard InChI is InChI=1S/C26H29N5O3/c1-16-11-17(12-24(32)31-19(14-27)15-30-26(2,3)4)5-8-22(16)34-23-9-10-29-21-7-6-18(25(28)33)13-20(21)23/h5-11,13-15H,12,27H2,1-4H3,(H2,28,33)(H,31,32)/b19-14+,30-15?. The van der Waals surface area contributed by atoms with Crippen molar-refractivity contribution in [1.29, 1.82) is 0 Å². The number of hydrogen-bond acceptors (Lipinski definition) is 6. The van der Waals surface area contributed by atoms with Crippen molar-refractivity contribution in [2.24, 2.45) is 16.5 Å². The van der Waals surface area contributed by atoms with Gasteiger partial charge in [-0.2, -0.15) is 0 Å². The van der Waals surface area contributed by atoms with Crippen LogP contribution in [-0.2, 0) is 11.2 Å². The minimum absolute atomic E-state index is 0.169. The molecule has 0 unspecified atom stereocenters. The van der Waals surface area contributed by atoms with Gasteiger partial charge in [0.15, 0.2) is 0 Å². The summed E-state index contributed by atoms with van der Waals surface area (Å²) in [7, 11) is 0. The van der Waals surface area contributed by atoms with Crippen LogP contribution >= 0.6 is 0 Å². The maximum Gasteiger partial charge on any atom is 0.248 e. The Bertz CT molecular complexity index is 1290. The van der Waals surface area contributed by atoms with Crippen LogP contribution in [0.5, 0.6) is 11.5 Å². The van der Waals surface area contributed by atoms with Crippen molar-refractivity contribution in [3.8, 4) is 11.5 Å². The topological polar surface area (TPSA) is 133 Å². The van der Waals surface area contributed by atoms with Crippen LogP contribution in [0.3, 0.4) is 0 Å². The Labute approximate surface area is 198 Å². The van der Waals surface area contributed by atoms with E-state index < -0.39 is 5.91 Å². The van der Waals surface area contributed by atoms with E-state index in [1.807, 2.05) is 45.9 Å². The third-order valence-corrected chi connectivity index (χ3v) is 4.86. The Balaban J connectivity index is 1.75. The van der Waals surface area contributed by atoms with Crippen molar-refractivity contribution in [1.82, 2.24) is 10.3 Å². The van der Waals surface area contributed by atoms with Crippen LogP contribution < -0.4 is 21.5 Å². The number of carbonyl (C=O) groups excluding carboxylic acids is 2. The first-order valence-corrected chi connectivity index (χ1v) is 10.8. The summed E-state index contributed by atoms with van der Waals surface area (Å²) in [5.41, 5.74) is 13.9. The van der Waals surface area contributed by atoms with E-state index in [4.69, 9.17) is 16.2 Å². The van der Waals surface area contributed by atoms with Gasteiger partial charge in [-0.3, -0.25) is 19.6 Å². The van der Waals surface area contributed by atoms with Gasteiger partial charge in [-0.25, -0.2) is 0 Å².